The van der Waals surface area contributed by atoms with Gasteiger partial charge in [0.05, 0.1) is 12.8 Å². The Labute approximate surface area is 135 Å². The largest absolute Gasteiger partial charge is 0.497 e. The molecule has 23 heavy (non-hydrogen) atoms. The number of ether oxygens (including phenoxy) is 1. The molecule has 0 saturated carbocycles. The smallest absolute Gasteiger partial charge is 0.269 e. The Hall–Kier alpha value is -2.58. The molecule has 2 heterocycles. The highest BCUT2D eigenvalue weighted by Crippen LogP contribution is 2.27. The summed E-state index contributed by atoms with van der Waals surface area (Å²) >= 11 is 0. The van der Waals surface area contributed by atoms with E-state index in [0.29, 0.717) is 0 Å². The highest BCUT2D eigenvalue weighted by Gasteiger charge is 2.21. The molecule has 5 nitrogen and oxygen atoms in total. The lowest BCUT2D eigenvalue weighted by Crippen LogP contribution is -2.35. The first kappa shape index (κ1) is 15.3. The molecule has 0 bridgehead atoms. The summed E-state index contributed by atoms with van der Waals surface area (Å²) in [4.78, 5) is 12.7. The summed E-state index contributed by atoms with van der Waals surface area (Å²) in [6.07, 6.45) is 1.77. The number of benzene rings is 1. The molecular formula is C18H19N3O2. The number of pyridine rings is 1. The number of nitrogens with one attached hydrogen (secondary N) is 1. The van der Waals surface area contributed by atoms with Gasteiger partial charge < -0.3 is 14.6 Å². The molecule has 1 aromatic heterocycles. The van der Waals surface area contributed by atoms with Crippen LogP contribution >= 0.6 is 0 Å². The van der Waals surface area contributed by atoms with Gasteiger partial charge in [0.15, 0.2) is 0 Å². The first-order chi connectivity index (χ1) is 11.2. The van der Waals surface area contributed by atoms with Gasteiger partial charge in [0.25, 0.3) is 5.56 Å². The van der Waals surface area contributed by atoms with Gasteiger partial charge in [-0.25, -0.2) is 0 Å². The van der Waals surface area contributed by atoms with Crippen LogP contribution in [0.1, 0.15) is 24.4 Å². The number of hydrogen-bond acceptors (Lipinski definition) is 4. The van der Waals surface area contributed by atoms with E-state index in [9.17, 15) is 10.1 Å². The third-order valence-corrected chi connectivity index (χ3v) is 4.30. The minimum Gasteiger partial charge on any atom is -0.497 e. The molecule has 1 aliphatic rings. The van der Waals surface area contributed by atoms with Crippen molar-refractivity contribution in [2.45, 2.75) is 18.9 Å². The van der Waals surface area contributed by atoms with Gasteiger partial charge in [-0.3, -0.25) is 4.79 Å². The molecule has 3 rings (SSSR count). The molecule has 2 aromatic rings. The lowest BCUT2D eigenvalue weighted by Gasteiger charge is -2.27. The van der Waals surface area contributed by atoms with Gasteiger partial charge >= 0.3 is 0 Å². The summed E-state index contributed by atoms with van der Waals surface area (Å²) in [5.41, 5.74) is 1.79. The Morgan fingerprint density at radius 3 is 2.48 bits per heavy atom. The second-order valence-corrected chi connectivity index (χ2v) is 5.63. The Morgan fingerprint density at radius 1 is 1.17 bits per heavy atom. The predicted octanol–water partition coefficient (Wildman–Crippen LogP) is 2.32. The lowest BCUT2D eigenvalue weighted by atomic mass is 10.0. The summed E-state index contributed by atoms with van der Waals surface area (Å²) in [7, 11) is 1.63. The van der Waals surface area contributed by atoms with Crippen LogP contribution in [0.5, 0.6) is 5.75 Å². The van der Waals surface area contributed by atoms with Crippen LogP contribution in [0, 0.1) is 11.3 Å². The van der Waals surface area contributed by atoms with Crippen molar-refractivity contribution in [2.24, 2.45) is 0 Å². The number of nitriles is 1. The molecule has 1 saturated heterocycles. The van der Waals surface area contributed by atoms with Gasteiger partial charge in [-0.1, -0.05) is 0 Å². The van der Waals surface area contributed by atoms with Gasteiger partial charge in [-0.2, -0.15) is 5.26 Å². The summed E-state index contributed by atoms with van der Waals surface area (Å²) in [6.45, 7) is 1.77. The van der Waals surface area contributed by atoms with Crippen molar-refractivity contribution in [1.29, 1.82) is 5.26 Å². The maximum absolute atomic E-state index is 12.7. The molecule has 0 atom stereocenters. The van der Waals surface area contributed by atoms with Crippen LogP contribution in [0.4, 0.5) is 0 Å². The van der Waals surface area contributed by atoms with Gasteiger partial charge in [0, 0.05) is 6.04 Å². The molecule has 0 amide bonds. The number of hydrogen-bond donors (Lipinski definition) is 1. The second kappa shape index (κ2) is 6.67. The monoisotopic (exact) mass is 309 g/mol. The molecule has 1 fully saturated rings. The van der Waals surface area contributed by atoms with Crippen LogP contribution in [-0.2, 0) is 0 Å². The van der Waals surface area contributed by atoms with Gasteiger partial charge in [0.2, 0.25) is 0 Å². The SMILES string of the molecule is COc1ccc(-c2ccc(C#N)c(=O)n2C2CCNCC2)cc1. The molecular weight excluding hydrogens is 290 g/mol. The maximum atomic E-state index is 12.7. The zero-order valence-electron chi connectivity index (χ0n) is 13.1. The molecule has 0 spiro atoms. The Bertz CT molecular complexity index is 781. The summed E-state index contributed by atoms with van der Waals surface area (Å²) in [6, 6.07) is 13.2. The van der Waals surface area contributed by atoms with Crippen molar-refractivity contribution in [3.05, 3.63) is 52.3 Å². The highest BCUT2D eigenvalue weighted by molar-refractivity contribution is 5.61. The Kier molecular flexibility index (Phi) is 4.45. The van der Waals surface area contributed by atoms with Crippen molar-refractivity contribution in [2.75, 3.05) is 20.2 Å². The maximum Gasteiger partial charge on any atom is 0.269 e. The molecule has 118 valence electrons. The van der Waals surface area contributed by atoms with E-state index in [-0.39, 0.29) is 17.2 Å². The normalized spacial score (nSPS) is 15.1. The Morgan fingerprint density at radius 2 is 1.87 bits per heavy atom. The van der Waals surface area contributed by atoms with Crippen molar-refractivity contribution in [3.63, 3.8) is 0 Å². The van der Waals surface area contributed by atoms with Crippen LogP contribution in [0.3, 0.4) is 0 Å². The van der Waals surface area contributed by atoms with Crippen LogP contribution in [0.25, 0.3) is 11.3 Å². The molecule has 1 aromatic carbocycles. The van der Waals surface area contributed by atoms with E-state index in [1.54, 1.807) is 17.7 Å². The van der Waals surface area contributed by atoms with E-state index in [0.717, 1.165) is 42.9 Å². The fourth-order valence-electron chi connectivity index (χ4n) is 3.06. The summed E-state index contributed by atoms with van der Waals surface area (Å²) in [5.74, 6) is 0.776. The number of nitrogens with zero attached hydrogens (tertiary/aromatic N) is 2. The molecule has 1 N–H and O–H groups in total. The van der Waals surface area contributed by atoms with Crippen molar-refractivity contribution >= 4 is 0 Å². The number of aromatic nitrogens is 1. The van der Waals surface area contributed by atoms with E-state index >= 15 is 0 Å². The van der Waals surface area contributed by atoms with Crippen LogP contribution in [0.2, 0.25) is 0 Å². The highest BCUT2D eigenvalue weighted by atomic mass is 16.5. The minimum atomic E-state index is -0.201. The van der Waals surface area contributed by atoms with E-state index in [1.807, 2.05) is 36.4 Å². The average Bonchev–Trinajstić information content (AvgIpc) is 2.62. The molecule has 0 aliphatic carbocycles. The molecule has 0 radical (unpaired) electrons. The standard InChI is InChI=1S/C18H19N3O2/c1-23-16-5-2-13(3-6-16)17-7-4-14(12-19)18(22)21(17)15-8-10-20-11-9-15/h2-7,15,20H,8-11H2,1H3. The predicted molar refractivity (Wildman–Crippen MR) is 88.5 cm³/mol. The molecule has 1 aliphatic heterocycles. The van der Waals surface area contributed by atoms with Gasteiger partial charge in [-0.05, 0) is 67.9 Å². The van der Waals surface area contributed by atoms with Crippen molar-refractivity contribution in [1.82, 2.24) is 9.88 Å². The van der Waals surface area contributed by atoms with Crippen LogP contribution < -0.4 is 15.6 Å². The van der Waals surface area contributed by atoms with Gasteiger partial charge in [0.1, 0.15) is 17.4 Å². The third-order valence-electron chi connectivity index (χ3n) is 4.30. The van der Waals surface area contributed by atoms with E-state index in [2.05, 4.69) is 5.32 Å². The topological polar surface area (TPSA) is 67.0 Å². The van der Waals surface area contributed by atoms with E-state index in [4.69, 9.17) is 4.74 Å². The third kappa shape index (κ3) is 2.99. The van der Waals surface area contributed by atoms with E-state index < -0.39 is 0 Å². The molecule has 0 unspecified atom stereocenters. The summed E-state index contributed by atoms with van der Waals surface area (Å²) in [5, 5.41) is 12.5. The number of rotatable bonds is 3. The second-order valence-electron chi connectivity index (χ2n) is 5.63. The lowest BCUT2D eigenvalue weighted by molar-refractivity contribution is 0.363. The zero-order chi connectivity index (χ0) is 16.2. The molecule has 5 heteroatoms. The fourth-order valence-corrected chi connectivity index (χ4v) is 3.06. The van der Waals surface area contributed by atoms with Crippen molar-refractivity contribution < 1.29 is 4.74 Å². The number of methoxy groups -OCH3 is 1. The van der Waals surface area contributed by atoms with E-state index in [1.165, 1.54) is 0 Å². The Balaban J connectivity index is 2.13. The first-order valence-electron chi connectivity index (χ1n) is 7.75. The average molecular weight is 309 g/mol. The summed E-state index contributed by atoms with van der Waals surface area (Å²) < 4.78 is 6.98. The zero-order valence-corrected chi connectivity index (χ0v) is 13.1. The van der Waals surface area contributed by atoms with Crippen LogP contribution in [-0.4, -0.2) is 24.8 Å². The van der Waals surface area contributed by atoms with Crippen LogP contribution in [0.15, 0.2) is 41.2 Å². The van der Waals surface area contributed by atoms with Gasteiger partial charge in [-0.15, -0.1) is 0 Å². The fraction of sp³-hybridized carbons (Fsp3) is 0.333. The minimum absolute atomic E-state index is 0.120. The van der Waals surface area contributed by atoms with Crippen molar-refractivity contribution in [3.8, 4) is 23.1 Å². The number of piperidine rings is 1. The first-order valence-corrected chi connectivity index (χ1v) is 7.75. The quantitative estimate of drug-likeness (QED) is 0.945.